The lowest BCUT2D eigenvalue weighted by Gasteiger charge is -2.32. The van der Waals surface area contributed by atoms with Gasteiger partial charge in [0.05, 0.1) is 7.11 Å². The van der Waals surface area contributed by atoms with Crippen molar-refractivity contribution in [2.75, 3.05) is 7.11 Å². The minimum absolute atomic E-state index is 0.338. The third-order valence-electron chi connectivity index (χ3n) is 4.34. The van der Waals surface area contributed by atoms with Crippen molar-refractivity contribution in [3.05, 3.63) is 65.7 Å². The molecular formula is C22H27NO5S. The number of carbonyl (C=O) groups excluding carboxylic acids is 1. The van der Waals surface area contributed by atoms with Gasteiger partial charge in [0.15, 0.2) is 6.04 Å². The predicted molar refractivity (Wildman–Crippen MR) is 114 cm³/mol. The number of benzene rings is 2. The van der Waals surface area contributed by atoms with E-state index >= 15 is 0 Å². The van der Waals surface area contributed by atoms with Crippen molar-refractivity contribution in [2.24, 2.45) is 0 Å². The molecule has 156 valence electrons. The van der Waals surface area contributed by atoms with Crippen LogP contribution in [0.25, 0.3) is 0 Å². The second-order valence-corrected chi connectivity index (χ2v) is 8.07. The van der Waals surface area contributed by atoms with E-state index in [1.165, 1.54) is 0 Å². The van der Waals surface area contributed by atoms with Crippen LogP contribution in [-0.2, 0) is 16.0 Å². The fourth-order valence-corrected chi connectivity index (χ4v) is 3.39. The highest BCUT2D eigenvalue weighted by Gasteiger charge is 2.38. The van der Waals surface area contributed by atoms with E-state index in [9.17, 15) is 14.7 Å². The fraction of sp³-hybridized carbons (Fsp3) is 0.364. The van der Waals surface area contributed by atoms with Gasteiger partial charge in [-0.15, -0.1) is 0 Å². The van der Waals surface area contributed by atoms with E-state index in [4.69, 9.17) is 9.47 Å². The number of carboxylic acid groups (broad SMARTS) is 1. The fourth-order valence-electron chi connectivity index (χ4n) is 3.09. The average molecular weight is 418 g/mol. The van der Waals surface area contributed by atoms with Gasteiger partial charge in [-0.1, -0.05) is 61.3 Å². The number of thiol groups is 1. The van der Waals surface area contributed by atoms with Crippen molar-refractivity contribution < 1.29 is 24.2 Å². The zero-order valence-electron chi connectivity index (χ0n) is 17.0. The predicted octanol–water partition coefficient (Wildman–Crippen LogP) is 4.56. The lowest BCUT2D eigenvalue weighted by molar-refractivity contribution is -0.142. The maximum Gasteiger partial charge on any atom is 0.421 e. The average Bonchev–Trinajstić information content (AvgIpc) is 2.66. The first-order valence-electron chi connectivity index (χ1n) is 9.24. The molecule has 0 aliphatic carbocycles. The Balaban J connectivity index is 2.46. The van der Waals surface area contributed by atoms with Gasteiger partial charge in [0.1, 0.15) is 11.4 Å². The maximum atomic E-state index is 12.6. The van der Waals surface area contributed by atoms with Gasteiger partial charge in [-0.25, -0.2) is 13.9 Å². The van der Waals surface area contributed by atoms with Crippen LogP contribution >= 0.6 is 12.8 Å². The number of amides is 1. The molecule has 0 saturated carbocycles. The van der Waals surface area contributed by atoms with E-state index in [2.05, 4.69) is 12.8 Å². The first-order valence-corrected chi connectivity index (χ1v) is 9.64. The van der Waals surface area contributed by atoms with Gasteiger partial charge in [-0.3, -0.25) is 0 Å². The number of hydrogen-bond acceptors (Lipinski definition) is 5. The number of aliphatic carboxylic acids is 1. The van der Waals surface area contributed by atoms with Crippen LogP contribution in [0.2, 0.25) is 0 Å². The molecule has 0 fully saturated rings. The summed E-state index contributed by atoms with van der Waals surface area (Å²) in [6, 6.07) is 15.4. The summed E-state index contributed by atoms with van der Waals surface area (Å²) in [5.41, 5.74) is 0.834. The molecule has 2 rings (SSSR count). The quantitative estimate of drug-likeness (QED) is 0.646. The zero-order valence-corrected chi connectivity index (χ0v) is 17.9. The largest absolute Gasteiger partial charge is 0.496 e. The molecule has 0 radical (unpaired) electrons. The lowest BCUT2D eigenvalue weighted by Crippen LogP contribution is -2.45. The molecule has 2 aromatic carbocycles. The Hall–Kier alpha value is -2.67. The lowest BCUT2D eigenvalue weighted by atomic mass is 9.85. The second-order valence-electron chi connectivity index (χ2n) is 7.64. The van der Waals surface area contributed by atoms with Gasteiger partial charge in [0.25, 0.3) is 0 Å². The number of hydrogen-bond donors (Lipinski definition) is 2. The highest BCUT2D eigenvalue weighted by Crippen LogP contribution is 2.32. The van der Waals surface area contributed by atoms with Crippen molar-refractivity contribution in [3.8, 4) is 5.75 Å². The summed E-state index contributed by atoms with van der Waals surface area (Å²) in [4.78, 5) is 24.8. The molecule has 1 N–H and O–H groups in total. The Kier molecular flexibility index (Phi) is 7.56. The number of methoxy groups -OCH3 is 1. The molecular weight excluding hydrogens is 390 g/mol. The molecule has 0 aromatic heterocycles. The minimum Gasteiger partial charge on any atom is -0.496 e. The summed E-state index contributed by atoms with van der Waals surface area (Å²) in [5.74, 6) is -1.09. The summed E-state index contributed by atoms with van der Waals surface area (Å²) in [6.45, 7) is 5.14. The first kappa shape index (κ1) is 22.6. The number of carbonyl (C=O) groups is 2. The van der Waals surface area contributed by atoms with Gasteiger partial charge < -0.3 is 14.6 Å². The Bertz CT molecular complexity index is 835. The Morgan fingerprint density at radius 3 is 2.21 bits per heavy atom. The third-order valence-corrected chi connectivity index (χ3v) is 4.75. The third kappa shape index (κ3) is 6.15. The van der Waals surface area contributed by atoms with Crippen LogP contribution in [0.3, 0.4) is 0 Å². The highest BCUT2D eigenvalue weighted by molar-refractivity contribution is 7.78. The van der Waals surface area contributed by atoms with Crippen molar-refractivity contribution in [2.45, 2.75) is 44.8 Å². The van der Waals surface area contributed by atoms with E-state index < -0.39 is 29.6 Å². The number of rotatable bonds is 7. The molecule has 1 unspecified atom stereocenters. The highest BCUT2D eigenvalue weighted by atomic mass is 32.1. The SMILES string of the molecule is COc1ccccc1CC(c1ccccc1)[C@H](C(=O)O)N(S)C(=O)OC(C)(C)C. The molecule has 2 aromatic rings. The minimum atomic E-state index is -1.25. The maximum absolute atomic E-state index is 12.6. The number of para-hydroxylation sites is 1. The summed E-state index contributed by atoms with van der Waals surface area (Å²) in [6.07, 6.45) is -0.473. The van der Waals surface area contributed by atoms with Crippen molar-refractivity contribution >= 4 is 24.9 Å². The van der Waals surface area contributed by atoms with Crippen LogP contribution in [0.4, 0.5) is 4.79 Å². The first-order chi connectivity index (χ1) is 13.6. The summed E-state index contributed by atoms with van der Waals surface area (Å²) >= 11 is 4.22. The van der Waals surface area contributed by atoms with Crippen molar-refractivity contribution in [3.63, 3.8) is 0 Å². The summed E-state index contributed by atoms with van der Waals surface area (Å²) < 4.78 is 11.6. The normalized spacial score (nSPS) is 13.3. The topological polar surface area (TPSA) is 76.1 Å². The van der Waals surface area contributed by atoms with Gasteiger partial charge in [0.2, 0.25) is 0 Å². The molecule has 0 spiro atoms. The summed E-state index contributed by atoms with van der Waals surface area (Å²) in [5, 5.41) is 10.00. The van der Waals surface area contributed by atoms with Gasteiger partial charge in [-0.2, -0.15) is 0 Å². The van der Waals surface area contributed by atoms with Gasteiger partial charge >= 0.3 is 12.1 Å². The molecule has 0 heterocycles. The van der Waals surface area contributed by atoms with Crippen LogP contribution in [-0.4, -0.2) is 40.2 Å². The molecule has 0 saturated heterocycles. The molecule has 0 bridgehead atoms. The van der Waals surface area contributed by atoms with Crippen LogP contribution in [0.1, 0.15) is 37.8 Å². The van der Waals surface area contributed by atoms with E-state index in [0.29, 0.717) is 12.2 Å². The molecule has 0 aliphatic rings. The molecule has 29 heavy (non-hydrogen) atoms. The number of nitrogens with zero attached hydrogens (tertiary/aromatic N) is 1. The van der Waals surface area contributed by atoms with Crippen LogP contribution < -0.4 is 4.74 Å². The van der Waals surface area contributed by atoms with Crippen molar-refractivity contribution in [1.82, 2.24) is 4.31 Å². The standard InChI is InChI=1S/C22H27NO5S/c1-22(2,3)28-21(26)23(29)19(20(24)25)17(15-10-6-5-7-11-15)14-16-12-8-9-13-18(16)27-4/h5-13,17,19,29H,14H2,1-4H3,(H,24,25)/t17?,19-/m1/s1. The van der Waals surface area contributed by atoms with Gasteiger partial charge in [0, 0.05) is 5.92 Å². The Morgan fingerprint density at radius 1 is 1.07 bits per heavy atom. The second kappa shape index (κ2) is 9.69. The smallest absolute Gasteiger partial charge is 0.421 e. The Labute approximate surface area is 177 Å². The van der Waals surface area contributed by atoms with E-state index in [-0.39, 0.29) is 0 Å². The van der Waals surface area contributed by atoms with Crippen LogP contribution in [0.15, 0.2) is 54.6 Å². The zero-order chi connectivity index (χ0) is 21.6. The summed E-state index contributed by atoms with van der Waals surface area (Å²) in [7, 11) is 1.57. The molecule has 0 aliphatic heterocycles. The van der Waals surface area contributed by atoms with Gasteiger partial charge in [-0.05, 0) is 44.4 Å². The van der Waals surface area contributed by atoms with E-state index in [1.54, 1.807) is 27.9 Å². The molecule has 7 heteroatoms. The molecule has 1 amide bonds. The Morgan fingerprint density at radius 2 is 1.66 bits per heavy atom. The molecule has 6 nitrogen and oxygen atoms in total. The van der Waals surface area contributed by atoms with Crippen LogP contribution in [0, 0.1) is 0 Å². The monoisotopic (exact) mass is 417 g/mol. The molecule has 2 atom stereocenters. The van der Waals surface area contributed by atoms with E-state index in [1.807, 2.05) is 54.6 Å². The number of ether oxygens (including phenoxy) is 2. The van der Waals surface area contributed by atoms with Crippen molar-refractivity contribution in [1.29, 1.82) is 0 Å². The van der Waals surface area contributed by atoms with Crippen LogP contribution in [0.5, 0.6) is 5.75 Å². The number of carboxylic acids is 1. The van der Waals surface area contributed by atoms with E-state index in [0.717, 1.165) is 15.4 Å².